The molecule has 1 fully saturated rings. The van der Waals surface area contributed by atoms with E-state index in [4.69, 9.17) is 5.26 Å². The zero-order valence-electron chi connectivity index (χ0n) is 14.3. The third kappa shape index (κ3) is 4.83. The van der Waals surface area contributed by atoms with Crippen LogP contribution < -0.4 is 21.3 Å². The van der Waals surface area contributed by atoms with E-state index in [2.05, 4.69) is 21.3 Å². The van der Waals surface area contributed by atoms with Crippen LogP contribution in [-0.4, -0.2) is 30.4 Å². The summed E-state index contributed by atoms with van der Waals surface area (Å²) in [6, 6.07) is 14.4. The fraction of sp³-hybridized carbons (Fsp3) is 0.158. The number of urea groups is 1. The van der Waals surface area contributed by atoms with E-state index in [1.165, 1.54) is 0 Å². The predicted octanol–water partition coefficient (Wildman–Crippen LogP) is 1.82. The summed E-state index contributed by atoms with van der Waals surface area (Å²) in [7, 11) is 0. The summed E-state index contributed by atoms with van der Waals surface area (Å²) < 4.78 is 0. The average Bonchev–Trinajstić information content (AvgIpc) is 3.06. The molecule has 1 aliphatic heterocycles. The number of benzene rings is 2. The molecule has 0 aromatic heterocycles. The topological polar surface area (TPSA) is 123 Å². The normalized spacial score (nSPS) is 15.4. The number of hydrogen-bond donors (Lipinski definition) is 4. The molecule has 1 atom stereocenters. The molecule has 0 radical (unpaired) electrons. The van der Waals surface area contributed by atoms with Crippen LogP contribution in [0.5, 0.6) is 0 Å². The lowest BCUT2D eigenvalue weighted by atomic mass is 10.1. The highest BCUT2D eigenvalue weighted by atomic mass is 16.2. The number of carbonyl (C=O) groups is 3. The van der Waals surface area contributed by atoms with Gasteiger partial charge in [-0.2, -0.15) is 5.26 Å². The maximum atomic E-state index is 12.4. The minimum absolute atomic E-state index is 0.0977. The van der Waals surface area contributed by atoms with Crippen molar-refractivity contribution in [3.63, 3.8) is 0 Å². The van der Waals surface area contributed by atoms with Gasteiger partial charge in [-0.05, 0) is 36.4 Å². The predicted molar refractivity (Wildman–Crippen MR) is 99.1 cm³/mol. The summed E-state index contributed by atoms with van der Waals surface area (Å²) >= 11 is 0. The lowest BCUT2D eigenvalue weighted by Gasteiger charge is -2.12. The van der Waals surface area contributed by atoms with Gasteiger partial charge in [0.1, 0.15) is 0 Å². The maximum Gasteiger partial charge on any atom is 0.319 e. The Hall–Kier alpha value is -3.86. The van der Waals surface area contributed by atoms with Crippen LogP contribution in [0.1, 0.15) is 22.3 Å². The monoisotopic (exact) mass is 363 g/mol. The first-order valence-electron chi connectivity index (χ1n) is 8.29. The van der Waals surface area contributed by atoms with Crippen molar-refractivity contribution in [1.29, 1.82) is 5.26 Å². The second-order valence-electron chi connectivity index (χ2n) is 6.03. The highest BCUT2D eigenvalue weighted by molar-refractivity contribution is 6.05. The molecule has 2 aromatic rings. The van der Waals surface area contributed by atoms with Gasteiger partial charge in [0.2, 0.25) is 5.91 Å². The van der Waals surface area contributed by atoms with Crippen LogP contribution in [0.25, 0.3) is 0 Å². The molecule has 4 amide bonds. The van der Waals surface area contributed by atoms with E-state index in [0.29, 0.717) is 29.0 Å². The summed E-state index contributed by atoms with van der Waals surface area (Å²) in [5.41, 5.74) is 1.75. The molecule has 27 heavy (non-hydrogen) atoms. The molecule has 0 spiro atoms. The van der Waals surface area contributed by atoms with Gasteiger partial charge in [0.05, 0.1) is 17.7 Å². The van der Waals surface area contributed by atoms with Crippen LogP contribution in [0.3, 0.4) is 0 Å². The highest BCUT2D eigenvalue weighted by Gasteiger charge is 2.22. The molecule has 3 rings (SSSR count). The second kappa shape index (κ2) is 8.01. The Morgan fingerprint density at radius 2 is 1.81 bits per heavy atom. The quantitative estimate of drug-likeness (QED) is 0.661. The number of hydrogen-bond acceptors (Lipinski definition) is 4. The van der Waals surface area contributed by atoms with Crippen molar-refractivity contribution >= 4 is 29.2 Å². The maximum absolute atomic E-state index is 12.4. The third-order valence-electron chi connectivity index (χ3n) is 3.94. The summed E-state index contributed by atoms with van der Waals surface area (Å²) in [4.78, 5) is 35.6. The van der Waals surface area contributed by atoms with Crippen LogP contribution in [0.15, 0.2) is 48.5 Å². The first-order chi connectivity index (χ1) is 13.0. The Kier molecular flexibility index (Phi) is 5.33. The molecule has 1 saturated heterocycles. The van der Waals surface area contributed by atoms with Crippen LogP contribution in [0.2, 0.25) is 0 Å². The summed E-state index contributed by atoms with van der Waals surface area (Å²) in [6.45, 7) is 0.399. The van der Waals surface area contributed by atoms with Gasteiger partial charge >= 0.3 is 6.03 Å². The SMILES string of the molecule is N#Cc1cccc(NC(=O)c2cccc(NC(=O)NC3CNC(=O)C3)c2)c1. The van der Waals surface area contributed by atoms with E-state index in [9.17, 15) is 14.4 Å². The van der Waals surface area contributed by atoms with E-state index in [-0.39, 0.29) is 24.3 Å². The van der Waals surface area contributed by atoms with Crippen molar-refractivity contribution < 1.29 is 14.4 Å². The molecule has 1 unspecified atom stereocenters. The lowest BCUT2D eigenvalue weighted by Crippen LogP contribution is -2.39. The lowest BCUT2D eigenvalue weighted by molar-refractivity contribution is -0.119. The largest absolute Gasteiger partial charge is 0.354 e. The fourth-order valence-electron chi connectivity index (χ4n) is 2.67. The van der Waals surface area contributed by atoms with Gasteiger partial charge in [-0.1, -0.05) is 12.1 Å². The number of carbonyl (C=O) groups excluding carboxylic acids is 3. The third-order valence-corrected chi connectivity index (χ3v) is 3.94. The van der Waals surface area contributed by atoms with Crippen molar-refractivity contribution in [2.75, 3.05) is 17.2 Å². The number of rotatable bonds is 4. The van der Waals surface area contributed by atoms with Gasteiger partial charge < -0.3 is 21.3 Å². The van der Waals surface area contributed by atoms with E-state index < -0.39 is 6.03 Å². The molecule has 4 N–H and O–H groups in total. The van der Waals surface area contributed by atoms with Crippen molar-refractivity contribution in [2.45, 2.75) is 12.5 Å². The number of nitrogens with one attached hydrogen (secondary N) is 4. The van der Waals surface area contributed by atoms with Gasteiger partial charge in [-0.3, -0.25) is 9.59 Å². The van der Waals surface area contributed by atoms with E-state index in [1.54, 1.807) is 48.5 Å². The van der Waals surface area contributed by atoms with Gasteiger partial charge in [0.15, 0.2) is 0 Å². The second-order valence-corrected chi connectivity index (χ2v) is 6.03. The molecular weight excluding hydrogens is 346 g/mol. The fourth-order valence-corrected chi connectivity index (χ4v) is 2.67. The van der Waals surface area contributed by atoms with Crippen LogP contribution >= 0.6 is 0 Å². The number of nitrogens with zero attached hydrogens (tertiary/aromatic N) is 1. The molecule has 1 aliphatic rings. The minimum atomic E-state index is -0.448. The Bertz CT molecular complexity index is 935. The van der Waals surface area contributed by atoms with Crippen molar-refractivity contribution in [3.8, 4) is 6.07 Å². The summed E-state index contributed by atoms with van der Waals surface area (Å²) in [6.07, 6.45) is 0.248. The molecule has 8 nitrogen and oxygen atoms in total. The molecule has 0 saturated carbocycles. The number of anilines is 2. The Labute approximate surface area is 155 Å². The Morgan fingerprint density at radius 1 is 1.07 bits per heavy atom. The first kappa shape index (κ1) is 17.9. The van der Waals surface area contributed by atoms with Gasteiger partial charge in [-0.25, -0.2) is 4.79 Å². The van der Waals surface area contributed by atoms with Crippen molar-refractivity contribution in [1.82, 2.24) is 10.6 Å². The molecule has 136 valence electrons. The van der Waals surface area contributed by atoms with E-state index in [0.717, 1.165) is 0 Å². The smallest absolute Gasteiger partial charge is 0.319 e. The molecule has 0 aliphatic carbocycles. The first-order valence-corrected chi connectivity index (χ1v) is 8.29. The van der Waals surface area contributed by atoms with Crippen molar-refractivity contribution in [3.05, 3.63) is 59.7 Å². The average molecular weight is 363 g/mol. The zero-order valence-corrected chi connectivity index (χ0v) is 14.3. The van der Waals surface area contributed by atoms with Gasteiger partial charge in [0.25, 0.3) is 5.91 Å². The highest BCUT2D eigenvalue weighted by Crippen LogP contribution is 2.15. The Morgan fingerprint density at radius 3 is 2.52 bits per heavy atom. The van der Waals surface area contributed by atoms with Crippen LogP contribution in [-0.2, 0) is 4.79 Å². The van der Waals surface area contributed by atoms with Crippen LogP contribution in [0, 0.1) is 11.3 Å². The van der Waals surface area contributed by atoms with Gasteiger partial charge in [-0.15, -0.1) is 0 Å². The van der Waals surface area contributed by atoms with Crippen LogP contribution in [0.4, 0.5) is 16.2 Å². The summed E-state index contributed by atoms with van der Waals surface area (Å²) in [5.74, 6) is -0.459. The van der Waals surface area contributed by atoms with Gasteiger partial charge in [0, 0.05) is 29.9 Å². The molecule has 2 aromatic carbocycles. The van der Waals surface area contributed by atoms with Crippen molar-refractivity contribution in [2.24, 2.45) is 0 Å². The van der Waals surface area contributed by atoms with E-state index in [1.807, 2.05) is 6.07 Å². The molecular formula is C19H17N5O3. The standard InChI is InChI=1S/C19H17N5O3/c20-10-12-3-1-5-14(7-12)22-18(26)13-4-2-6-15(8-13)23-19(27)24-16-9-17(25)21-11-16/h1-8,16H,9,11H2,(H,21,25)(H,22,26)(H2,23,24,27). The molecule has 8 heteroatoms. The molecule has 1 heterocycles. The minimum Gasteiger partial charge on any atom is -0.354 e. The van der Waals surface area contributed by atoms with E-state index >= 15 is 0 Å². The number of amides is 4. The summed E-state index contributed by atoms with van der Waals surface area (Å²) in [5, 5.41) is 19.6. The molecule has 0 bridgehead atoms. The number of nitriles is 1. The Balaban J connectivity index is 1.62. The zero-order chi connectivity index (χ0) is 19.2.